The molecule has 1 N–H and O–H groups in total. The lowest BCUT2D eigenvalue weighted by Crippen LogP contribution is -2.48. The van der Waals surface area contributed by atoms with E-state index >= 15 is 0 Å². The first-order valence-corrected chi connectivity index (χ1v) is 11.5. The molecule has 0 bridgehead atoms. The number of H-pyrrole nitrogens is 1. The number of morpholine rings is 1. The first kappa shape index (κ1) is 22.1. The Morgan fingerprint density at radius 2 is 1.74 bits per heavy atom. The fraction of sp³-hybridized carbons (Fsp3) is 0.296. The van der Waals surface area contributed by atoms with Crippen molar-refractivity contribution in [3.05, 3.63) is 66.7 Å². The van der Waals surface area contributed by atoms with Gasteiger partial charge in [-0.3, -0.25) is 4.79 Å². The number of carbonyl (C=O) groups is 1. The topological polar surface area (TPSA) is 73.0 Å². The van der Waals surface area contributed by atoms with Gasteiger partial charge in [-0.15, -0.1) is 0 Å². The largest absolute Gasteiger partial charge is 0.493 e. The molecule has 7 nitrogen and oxygen atoms in total. The van der Waals surface area contributed by atoms with Crippen LogP contribution in [0.15, 0.2) is 66.7 Å². The summed E-state index contributed by atoms with van der Waals surface area (Å²) >= 11 is 0. The van der Waals surface area contributed by atoms with Gasteiger partial charge in [-0.1, -0.05) is 30.3 Å². The zero-order chi connectivity index (χ0) is 23.3. The van der Waals surface area contributed by atoms with Crippen molar-refractivity contribution in [3.8, 4) is 17.2 Å². The summed E-state index contributed by atoms with van der Waals surface area (Å²) in [4.78, 5) is 17.5. The second-order valence-electron chi connectivity index (χ2n) is 8.29. The van der Waals surface area contributed by atoms with Crippen LogP contribution in [0.4, 0.5) is 0 Å². The van der Waals surface area contributed by atoms with Gasteiger partial charge in [0.2, 0.25) is 5.91 Å². The van der Waals surface area contributed by atoms with E-state index in [1.54, 1.807) is 12.0 Å². The van der Waals surface area contributed by atoms with Crippen LogP contribution in [0.2, 0.25) is 0 Å². The van der Waals surface area contributed by atoms with E-state index in [4.69, 9.17) is 18.9 Å². The van der Waals surface area contributed by atoms with Crippen molar-refractivity contribution in [2.45, 2.75) is 12.5 Å². The first-order chi connectivity index (χ1) is 16.7. The molecule has 1 atom stereocenters. The Morgan fingerprint density at radius 1 is 0.941 bits per heavy atom. The van der Waals surface area contributed by atoms with E-state index in [-0.39, 0.29) is 18.6 Å². The Bertz CT molecular complexity index is 1280. The van der Waals surface area contributed by atoms with Crippen molar-refractivity contribution in [2.24, 2.45) is 0 Å². The van der Waals surface area contributed by atoms with Crippen molar-refractivity contribution in [3.63, 3.8) is 0 Å². The third-order valence-corrected chi connectivity index (χ3v) is 6.09. The fourth-order valence-corrected chi connectivity index (χ4v) is 4.31. The molecular formula is C27H28N2O5. The van der Waals surface area contributed by atoms with E-state index in [1.165, 1.54) is 10.8 Å². The van der Waals surface area contributed by atoms with Crippen molar-refractivity contribution >= 4 is 27.7 Å². The Morgan fingerprint density at radius 3 is 2.62 bits per heavy atom. The minimum absolute atomic E-state index is 0.0231. The number of hydrogen-bond donors (Lipinski definition) is 1. The SMILES string of the molecule is COc1ccccc1OCCN1CC(CCOc2ccc3c(c2)[nH]c2ccccc23)OCC1=O. The molecular weight excluding hydrogens is 432 g/mol. The molecule has 1 unspecified atom stereocenters. The molecule has 0 aliphatic carbocycles. The van der Waals surface area contributed by atoms with E-state index in [0.717, 1.165) is 16.8 Å². The van der Waals surface area contributed by atoms with E-state index in [9.17, 15) is 4.79 Å². The van der Waals surface area contributed by atoms with Gasteiger partial charge < -0.3 is 28.8 Å². The van der Waals surface area contributed by atoms with Crippen LogP contribution < -0.4 is 14.2 Å². The second-order valence-corrected chi connectivity index (χ2v) is 8.29. The van der Waals surface area contributed by atoms with Crippen LogP contribution in [-0.4, -0.2) is 61.9 Å². The highest BCUT2D eigenvalue weighted by atomic mass is 16.5. The van der Waals surface area contributed by atoms with Crippen LogP contribution in [0.1, 0.15) is 6.42 Å². The molecule has 0 radical (unpaired) electrons. The average Bonchev–Trinajstić information content (AvgIpc) is 3.24. The summed E-state index contributed by atoms with van der Waals surface area (Å²) in [7, 11) is 1.61. The summed E-state index contributed by atoms with van der Waals surface area (Å²) in [5, 5.41) is 2.39. The van der Waals surface area contributed by atoms with Crippen LogP contribution in [-0.2, 0) is 9.53 Å². The Labute approximate surface area is 198 Å². The van der Waals surface area contributed by atoms with Crippen LogP contribution in [0.3, 0.4) is 0 Å². The number of benzene rings is 3. The highest BCUT2D eigenvalue weighted by Crippen LogP contribution is 2.28. The van der Waals surface area contributed by atoms with Crippen LogP contribution in [0.25, 0.3) is 21.8 Å². The maximum absolute atomic E-state index is 12.3. The summed E-state index contributed by atoms with van der Waals surface area (Å²) < 4.78 is 22.9. The van der Waals surface area contributed by atoms with Crippen LogP contribution in [0.5, 0.6) is 17.2 Å². The Balaban J connectivity index is 1.12. The maximum atomic E-state index is 12.3. The Hall–Kier alpha value is -3.71. The average molecular weight is 461 g/mol. The number of aromatic nitrogens is 1. The third kappa shape index (κ3) is 4.79. The number of aromatic amines is 1. The summed E-state index contributed by atoms with van der Waals surface area (Å²) in [6.45, 7) is 2.00. The number of fused-ring (bicyclic) bond motifs is 3. The molecule has 34 heavy (non-hydrogen) atoms. The molecule has 3 aromatic carbocycles. The number of amides is 1. The number of carbonyl (C=O) groups excluding carboxylic acids is 1. The quantitative estimate of drug-likeness (QED) is 0.401. The van der Waals surface area contributed by atoms with Crippen molar-refractivity contribution < 1.29 is 23.7 Å². The van der Waals surface area contributed by atoms with E-state index in [1.807, 2.05) is 48.5 Å². The number of methoxy groups -OCH3 is 1. The second kappa shape index (κ2) is 10.1. The van der Waals surface area contributed by atoms with Gasteiger partial charge in [0, 0.05) is 35.3 Å². The molecule has 1 saturated heterocycles. The zero-order valence-corrected chi connectivity index (χ0v) is 19.2. The van der Waals surface area contributed by atoms with Crippen LogP contribution in [0, 0.1) is 0 Å². The molecule has 0 saturated carbocycles. The van der Waals surface area contributed by atoms with Gasteiger partial charge in [-0.2, -0.15) is 0 Å². The fourth-order valence-electron chi connectivity index (χ4n) is 4.31. The number of nitrogens with one attached hydrogen (secondary N) is 1. The molecule has 0 spiro atoms. The monoisotopic (exact) mass is 460 g/mol. The van der Waals surface area contributed by atoms with Crippen molar-refractivity contribution in [1.82, 2.24) is 9.88 Å². The summed E-state index contributed by atoms with van der Waals surface area (Å²) in [6, 6.07) is 21.9. The van der Waals surface area contributed by atoms with Crippen molar-refractivity contribution in [2.75, 3.05) is 40.0 Å². The predicted octanol–water partition coefficient (Wildman–Crippen LogP) is 4.41. The number of hydrogen-bond acceptors (Lipinski definition) is 5. The molecule has 1 aromatic heterocycles. The minimum atomic E-state index is -0.0687. The zero-order valence-electron chi connectivity index (χ0n) is 19.2. The first-order valence-electron chi connectivity index (χ1n) is 11.5. The third-order valence-electron chi connectivity index (χ3n) is 6.09. The molecule has 1 fully saturated rings. The highest BCUT2D eigenvalue weighted by Gasteiger charge is 2.26. The van der Waals surface area contributed by atoms with Gasteiger partial charge in [0.1, 0.15) is 19.0 Å². The normalized spacial score (nSPS) is 16.2. The van der Waals surface area contributed by atoms with Gasteiger partial charge in [0.05, 0.1) is 31.9 Å². The number of rotatable bonds is 9. The van der Waals surface area contributed by atoms with E-state index < -0.39 is 0 Å². The molecule has 176 valence electrons. The number of nitrogens with zero attached hydrogens (tertiary/aromatic N) is 1. The predicted molar refractivity (Wildman–Crippen MR) is 131 cm³/mol. The lowest BCUT2D eigenvalue weighted by Gasteiger charge is -2.32. The summed E-state index contributed by atoms with van der Waals surface area (Å²) in [5.74, 6) is 2.14. The molecule has 4 aromatic rings. The maximum Gasteiger partial charge on any atom is 0.248 e. The van der Waals surface area contributed by atoms with Crippen LogP contribution >= 0.6 is 0 Å². The minimum Gasteiger partial charge on any atom is -0.493 e. The van der Waals surface area contributed by atoms with Gasteiger partial charge in [0.15, 0.2) is 11.5 Å². The molecule has 1 aliphatic rings. The summed E-state index contributed by atoms with van der Waals surface area (Å²) in [6.07, 6.45) is 0.628. The number of ether oxygens (including phenoxy) is 4. The lowest BCUT2D eigenvalue weighted by atomic mass is 10.1. The standard InChI is InChI=1S/C27H28N2O5/c1-31-25-8-4-5-9-26(25)33-15-13-29-17-20(34-18-27(29)30)12-14-32-19-10-11-22-21-6-2-3-7-23(21)28-24(22)16-19/h2-11,16,20,28H,12-15,17-18H2,1H3. The summed E-state index contributed by atoms with van der Waals surface area (Å²) in [5.41, 5.74) is 2.17. The smallest absolute Gasteiger partial charge is 0.248 e. The van der Waals surface area contributed by atoms with E-state index in [2.05, 4.69) is 23.2 Å². The molecule has 5 rings (SSSR count). The molecule has 1 aliphatic heterocycles. The van der Waals surface area contributed by atoms with Crippen molar-refractivity contribution in [1.29, 1.82) is 0 Å². The van der Waals surface area contributed by atoms with Gasteiger partial charge in [-0.05, 0) is 30.3 Å². The highest BCUT2D eigenvalue weighted by molar-refractivity contribution is 6.07. The lowest BCUT2D eigenvalue weighted by molar-refractivity contribution is -0.150. The Kier molecular flexibility index (Phi) is 6.53. The van der Waals surface area contributed by atoms with Gasteiger partial charge >= 0.3 is 0 Å². The van der Waals surface area contributed by atoms with Gasteiger partial charge in [0.25, 0.3) is 0 Å². The molecule has 2 heterocycles. The van der Waals surface area contributed by atoms with Gasteiger partial charge in [-0.25, -0.2) is 0 Å². The van der Waals surface area contributed by atoms with E-state index in [0.29, 0.717) is 44.2 Å². The molecule has 7 heteroatoms. The molecule has 1 amide bonds. The number of para-hydroxylation sites is 3.